The van der Waals surface area contributed by atoms with Crippen molar-refractivity contribution in [2.45, 2.75) is 50.1 Å². The highest BCUT2D eigenvalue weighted by molar-refractivity contribution is 6.42. The molecule has 1 amide bonds. The van der Waals surface area contributed by atoms with Crippen LogP contribution in [0.5, 0.6) is 0 Å². The number of hydrogen-bond donors (Lipinski definition) is 2. The van der Waals surface area contributed by atoms with Gasteiger partial charge in [-0.15, -0.1) is 0 Å². The van der Waals surface area contributed by atoms with Crippen molar-refractivity contribution in [3.05, 3.63) is 105 Å². The van der Waals surface area contributed by atoms with Gasteiger partial charge in [-0.3, -0.25) is 4.79 Å². The highest BCUT2D eigenvalue weighted by Crippen LogP contribution is 2.37. The molecule has 0 aromatic heterocycles. The zero-order valence-corrected chi connectivity index (χ0v) is 27.4. The number of amides is 1. The second-order valence-electron chi connectivity index (χ2n) is 11.0. The minimum absolute atomic E-state index is 0.0386. The Labute approximate surface area is 279 Å². The predicted molar refractivity (Wildman–Crippen MR) is 170 cm³/mol. The Morgan fingerprint density at radius 3 is 2.06 bits per heavy atom. The zero-order chi connectivity index (χ0) is 35.0. The summed E-state index contributed by atoms with van der Waals surface area (Å²) in [6.45, 7) is 2.42. The van der Waals surface area contributed by atoms with Gasteiger partial charge in [-0.25, -0.2) is 0 Å². The van der Waals surface area contributed by atoms with Gasteiger partial charge in [0.05, 0.1) is 39.0 Å². The molecule has 3 aromatic carbocycles. The summed E-state index contributed by atoms with van der Waals surface area (Å²) in [5, 5.41) is 19.1. The fourth-order valence-electron chi connectivity index (χ4n) is 5.13. The number of halogens is 8. The molecule has 0 saturated carbocycles. The van der Waals surface area contributed by atoms with Crippen LogP contribution in [0.15, 0.2) is 71.9 Å². The Bertz CT molecular complexity index is 1500. The topological polar surface area (TPSA) is 74.2 Å². The number of oxime groups is 1. The summed E-state index contributed by atoms with van der Waals surface area (Å²) in [7, 11) is 2.50. The number of alkyl halides is 6. The van der Waals surface area contributed by atoms with Gasteiger partial charge in [-0.2, -0.15) is 26.3 Å². The van der Waals surface area contributed by atoms with Crippen LogP contribution >= 0.6 is 23.2 Å². The molecule has 47 heavy (non-hydrogen) atoms. The largest absolute Gasteiger partial charge is 0.416 e. The third-order valence-electron chi connectivity index (χ3n) is 7.76. The first kappa shape index (κ1) is 38.1. The van der Waals surface area contributed by atoms with E-state index in [1.54, 1.807) is 18.2 Å². The van der Waals surface area contributed by atoms with Crippen molar-refractivity contribution in [2.24, 2.45) is 5.16 Å². The second-order valence-corrected chi connectivity index (χ2v) is 11.8. The number of hydrogen-bond acceptors (Lipinski definition) is 5. The standard InChI is InChI=1S/C33H35Cl2F6N3O3/c1-4-31(46,23-8-6-5-7-9-23)13-15-42-14-12-26(21-10-11-27(34)28(35)18-21)29(43-47-3)20-44(2)30(45)22-16-24(32(36,37)38)19-25(17-22)33(39,40)41/h5-11,16-19,26,42,46H,4,12-15,20H2,1-3H3/b43-29+. The first-order valence-corrected chi connectivity index (χ1v) is 15.3. The monoisotopic (exact) mass is 705 g/mol. The number of nitrogens with one attached hydrogen (secondary N) is 1. The van der Waals surface area contributed by atoms with Crippen molar-refractivity contribution in [2.75, 3.05) is 33.8 Å². The molecule has 0 spiro atoms. The van der Waals surface area contributed by atoms with E-state index in [-0.39, 0.29) is 28.4 Å². The number of benzene rings is 3. The lowest BCUT2D eigenvalue weighted by Gasteiger charge is -2.28. The van der Waals surface area contributed by atoms with Crippen LogP contribution < -0.4 is 5.32 Å². The number of rotatable bonds is 14. The summed E-state index contributed by atoms with van der Waals surface area (Å²) >= 11 is 12.4. The summed E-state index contributed by atoms with van der Waals surface area (Å²) in [5.74, 6) is -1.66. The molecule has 0 aliphatic heterocycles. The van der Waals surface area contributed by atoms with E-state index in [9.17, 15) is 36.2 Å². The van der Waals surface area contributed by atoms with Gasteiger partial charge >= 0.3 is 12.4 Å². The Balaban J connectivity index is 1.84. The van der Waals surface area contributed by atoms with E-state index < -0.39 is 46.5 Å². The fourth-order valence-corrected chi connectivity index (χ4v) is 5.44. The zero-order valence-electron chi connectivity index (χ0n) is 25.9. The lowest BCUT2D eigenvalue weighted by Crippen LogP contribution is -2.36. The van der Waals surface area contributed by atoms with Gasteiger partial charge in [-0.1, -0.05) is 71.7 Å². The van der Waals surface area contributed by atoms with E-state index in [2.05, 4.69) is 10.5 Å². The lowest BCUT2D eigenvalue weighted by molar-refractivity contribution is -0.143. The van der Waals surface area contributed by atoms with Crippen molar-refractivity contribution in [1.29, 1.82) is 0 Å². The molecule has 0 aliphatic carbocycles. The maximum atomic E-state index is 13.4. The first-order chi connectivity index (χ1) is 22.0. The van der Waals surface area contributed by atoms with Gasteiger partial charge in [-0.05, 0) is 73.8 Å². The molecular weight excluding hydrogens is 671 g/mol. The number of nitrogens with zero attached hydrogens (tertiary/aromatic N) is 2. The lowest BCUT2D eigenvalue weighted by atomic mass is 9.88. The predicted octanol–water partition coefficient (Wildman–Crippen LogP) is 8.56. The molecule has 2 N–H and O–H groups in total. The van der Waals surface area contributed by atoms with E-state index >= 15 is 0 Å². The van der Waals surface area contributed by atoms with Crippen LogP contribution in [0.4, 0.5) is 26.3 Å². The SMILES string of the molecule is CCC(O)(CCNCCC(/C(CN(C)C(=O)c1cc(C(F)(F)F)cc(C(F)(F)F)c1)=N/OC)c1ccc(Cl)c(Cl)c1)c1ccccc1. The molecule has 0 radical (unpaired) electrons. The molecule has 0 fully saturated rings. The molecule has 0 bridgehead atoms. The van der Waals surface area contributed by atoms with Gasteiger partial charge in [0.2, 0.25) is 0 Å². The number of carbonyl (C=O) groups excluding carboxylic acids is 1. The van der Waals surface area contributed by atoms with Crippen molar-refractivity contribution in [3.63, 3.8) is 0 Å². The molecule has 2 unspecified atom stereocenters. The van der Waals surface area contributed by atoms with Gasteiger partial charge in [0.25, 0.3) is 5.91 Å². The molecule has 256 valence electrons. The normalized spacial score (nSPS) is 14.4. The quantitative estimate of drug-likeness (QED) is 0.0763. The third kappa shape index (κ3) is 10.3. The fraction of sp³-hybridized carbons (Fsp3) is 0.394. The summed E-state index contributed by atoms with van der Waals surface area (Å²) in [6.07, 6.45) is -8.96. The van der Waals surface area contributed by atoms with Gasteiger partial charge in [0, 0.05) is 18.5 Å². The van der Waals surface area contributed by atoms with Crippen LogP contribution in [0, 0.1) is 0 Å². The summed E-state index contributed by atoms with van der Waals surface area (Å²) in [6, 6.07) is 14.9. The average Bonchev–Trinajstić information content (AvgIpc) is 3.02. The second kappa shape index (κ2) is 16.2. The molecular formula is C33H35Cl2F6N3O3. The molecule has 0 heterocycles. The van der Waals surface area contributed by atoms with Crippen LogP contribution in [0.1, 0.15) is 64.7 Å². The van der Waals surface area contributed by atoms with Crippen LogP contribution in [0.3, 0.4) is 0 Å². The molecule has 0 aliphatic rings. The van der Waals surface area contributed by atoms with E-state index in [0.717, 1.165) is 10.5 Å². The number of carbonyl (C=O) groups is 1. The summed E-state index contributed by atoms with van der Waals surface area (Å²) in [5.41, 5.74) is -3.36. The van der Waals surface area contributed by atoms with Crippen LogP contribution in [-0.2, 0) is 22.8 Å². The molecule has 0 saturated heterocycles. The molecule has 3 aromatic rings. The minimum Gasteiger partial charge on any atom is -0.399 e. The Kier molecular flexibility index (Phi) is 13.1. The minimum atomic E-state index is -5.11. The van der Waals surface area contributed by atoms with Crippen LogP contribution in [-0.4, -0.2) is 55.4 Å². The van der Waals surface area contributed by atoms with Gasteiger partial charge in [0.1, 0.15) is 7.11 Å². The van der Waals surface area contributed by atoms with E-state index in [0.29, 0.717) is 50.0 Å². The van der Waals surface area contributed by atoms with Crippen molar-refractivity contribution < 1.29 is 41.1 Å². The van der Waals surface area contributed by atoms with E-state index in [1.807, 2.05) is 37.3 Å². The Morgan fingerprint density at radius 2 is 1.53 bits per heavy atom. The Morgan fingerprint density at radius 1 is 0.915 bits per heavy atom. The number of aliphatic hydroxyl groups is 1. The average molecular weight is 707 g/mol. The highest BCUT2D eigenvalue weighted by atomic mass is 35.5. The van der Waals surface area contributed by atoms with E-state index in [1.165, 1.54) is 14.2 Å². The highest BCUT2D eigenvalue weighted by Gasteiger charge is 2.38. The smallest absolute Gasteiger partial charge is 0.399 e. The van der Waals surface area contributed by atoms with Crippen LogP contribution in [0.25, 0.3) is 0 Å². The molecule has 14 heteroatoms. The summed E-state index contributed by atoms with van der Waals surface area (Å²) in [4.78, 5) is 19.3. The maximum absolute atomic E-state index is 13.4. The van der Waals surface area contributed by atoms with Crippen LogP contribution in [0.2, 0.25) is 10.0 Å². The third-order valence-corrected chi connectivity index (χ3v) is 8.50. The molecule has 6 nitrogen and oxygen atoms in total. The van der Waals surface area contributed by atoms with Gasteiger partial charge in [0.15, 0.2) is 0 Å². The molecule has 3 rings (SSSR count). The summed E-state index contributed by atoms with van der Waals surface area (Å²) < 4.78 is 80.7. The van der Waals surface area contributed by atoms with Crippen molar-refractivity contribution in [1.82, 2.24) is 10.2 Å². The van der Waals surface area contributed by atoms with E-state index in [4.69, 9.17) is 28.0 Å². The molecule has 2 atom stereocenters. The van der Waals surface area contributed by atoms with Gasteiger partial charge < -0.3 is 20.2 Å². The Hall–Kier alpha value is -3.32. The van der Waals surface area contributed by atoms with Crippen molar-refractivity contribution >= 4 is 34.8 Å². The maximum Gasteiger partial charge on any atom is 0.416 e. The van der Waals surface area contributed by atoms with Crippen molar-refractivity contribution in [3.8, 4) is 0 Å². The first-order valence-electron chi connectivity index (χ1n) is 14.6.